The second-order valence-electron chi connectivity index (χ2n) is 1.78. The lowest BCUT2D eigenvalue weighted by molar-refractivity contribution is -0.111. The van der Waals surface area contributed by atoms with Gasteiger partial charge in [0.1, 0.15) is 0 Å². The fourth-order valence-electron chi connectivity index (χ4n) is 0.442. The molecule has 10 heavy (non-hydrogen) atoms. The first-order valence-corrected chi connectivity index (χ1v) is 3.20. The molecule has 0 saturated heterocycles. The van der Waals surface area contributed by atoms with Gasteiger partial charge in [-0.3, -0.25) is 4.79 Å². The minimum absolute atomic E-state index is 0.200. The van der Waals surface area contributed by atoms with Gasteiger partial charge >= 0.3 is 0 Å². The minimum Gasteiger partial charge on any atom is -0.281 e. The lowest BCUT2D eigenvalue weighted by atomic mass is 10.2. The van der Waals surface area contributed by atoms with E-state index in [1.54, 1.807) is 18.2 Å². The summed E-state index contributed by atoms with van der Waals surface area (Å²) < 4.78 is 0. The van der Waals surface area contributed by atoms with Crippen LogP contribution in [0.5, 0.6) is 0 Å². The molecule has 0 aliphatic carbocycles. The number of allylic oxidation sites excluding steroid dienone is 4. The van der Waals surface area contributed by atoms with Gasteiger partial charge < -0.3 is 0 Å². The molecule has 0 aromatic heterocycles. The largest absolute Gasteiger partial charge is 0.281 e. The SMILES string of the molecule is C=C/C=C\C(=C)CC(=O)Cl. The zero-order valence-electron chi connectivity index (χ0n) is 5.64. The molecule has 54 valence electrons. The van der Waals surface area contributed by atoms with Crippen molar-refractivity contribution >= 4 is 16.8 Å². The van der Waals surface area contributed by atoms with Crippen molar-refractivity contribution in [3.8, 4) is 0 Å². The molecule has 0 bridgehead atoms. The Hall–Kier alpha value is -0.820. The number of hydrogen-bond acceptors (Lipinski definition) is 1. The number of hydrogen-bond donors (Lipinski definition) is 0. The van der Waals surface area contributed by atoms with Gasteiger partial charge in [-0.1, -0.05) is 31.4 Å². The van der Waals surface area contributed by atoms with Crippen LogP contribution >= 0.6 is 11.6 Å². The van der Waals surface area contributed by atoms with Gasteiger partial charge in [0.25, 0.3) is 0 Å². The lowest BCUT2D eigenvalue weighted by Crippen LogP contribution is -1.85. The van der Waals surface area contributed by atoms with Gasteiger partial charge in [0.2, 0.25) is 5.24 Å². The predicted molar refractivity (Wildman–Crippen MR) is 44.0 cm³/mol. The van der Waals surface area contributed by atoms with Crippen LogP contribution in [0, 0.1) is 0 Å². The predicted octanol–water partition coefficient (Wildman–Crippen LogP) is 2.44. The van der Waals surface area contributed by atoms with Crippen LogP contribution in [0.4, 0.5) is 0 Å². The number of halogens is 1. The average Bonchev–Trinajstić information content (AvgIpc) is 1.82. The molecule has 1 nitrogen and oxygen atoms in total. The molecular formula is C8H9ClO. The van der Waals surface area contributed by atoms with Crippen molar-refractivity contribution < 1.29 is 4.79 Å². The van der Waals surface area contributed by atoms with Crippen LogP contribution in [0.1, 0.15) is 6.42 Å². The summed E-state index contributed by atoms with van der Waals surface area (Å²) in [5.41, 5.74) is 0.694. The van der Waals surface area contributed by atoms with Crippen LogP contribution < -0.4 is 0 Å². The van der Waals surface area contributed by atoms with Crippen molar-refractivity contribution in [2.75, 3.05) is 0 Å². The Morgan fingerprint density at radius 2 is 2.20 bits per heavy atom. The van der Waals surface area contributed by atoms with Crippen molar-refractivity contribution in [1.29, 1.82) is 0 Å². The van der Waals surface area contributed by atoms with Crippen molar-refractivity contribution in [1.82, 2.24) is 0 Å². The van der Waals surface area contributed by atoms with Gasteiger partial charge in [-0.25, -0.2) is 0 Å². The van der Waals surface area contributed by atoms with Gasteiger partial charge in [0, 0.05) is 6.42 Å². The topological polar surface area (TPSA) is 17.1 Å². The Morgan fingerprint density at radius 1 is 1.60 bits per heavy atom. The molecule has 0 rings (SSSR count). The third-order valence-electron chi connectivity index (χ3n) is 0.834. The molecule has 2 heteroatoms. The number of rotatable bonds is 4. The highest BCUT2D eigenvalue weighted by molar-refractivity contribution is 6.63. The average molecular weight is 157 g/mol. The van der Waals surface area contributed by atoms with E-state index >= 15 is 0 Å². The molecule has 0 atom stereocenters. The van der Waals surface area contributed by atoms with E-state index in [1.165, 1.54) is 0 Å². The molecule has 0 aliphatic rings. The zero-order valence-corrected chi connectivity index (χ0v) is 6.40. The molecule has 0 aromatic rings. The first-order valence-electron chi connectivity index (χ1n) is 2.82. The molecule has 0 N–H and O–H groups in total. The number of carbonyl (C=O) groups excluding carboxylic acids is 1. The van der Waals surface area contributed by atoms with Gasteiger partial charge in [-0.05, 0) is 17.2 Å². The quantitative estimate of drug-likeness (QED) is 0.452. The van der Waals surface area contributed by atoms with Gasteiger partial charge in [0.15, 0.2) is 0 Å². The first-order chi connectivity index (χ1) is 4.66. The van der Waals surface area contributed by atoms with E-state index in [2.05, 4.69) is 13.2 Å². The van der Waals surface area contributed by atoms with Crippen LogP contribution in [0.15, 0.2) is 37.0 Å². The summed E-state index contributed by atoms with van der Waals surface area (Å²) in [5.74, 6) is 0. The molecule has 0 fully saturated rings. The Morgan fingerprint density at radius 3 is 2.60 bits per heavy atom. The Bertz CT molecular complexity index is 180. The van der Waals surface area contributed by atoms with Crippen LogP contribution in [0.25, 0.3) is 0 Å². The number of carbonyl (C=O) groups is 1. The summed E-state index contributed by atoms with van der Waals surface area (Å²) in [7, 11) is 0. The molecule has 0 heterocycles. The van der Waals surface area contributed by atoms with Crippen molar-refractivity contribution in [2.24, 2.45) is 0 Å². The second kappa shape index (κ2) is 5.00. The molecule has 0 aromatic carbocycles. The third kappa shape index (κ3) is 5.32. The molecule has 0 saturated carbocycles. The molecular weight excluding hydrogens is 148 g/mol. The van der Waals surface area contributed by atoms with Gasteiger partial charge in [-0.2, -0.15) is 0 Å². The summed E-state index contributed by atoms with van der Waals surface area (Å²) in [5, 5.41) is -0.390. The van der Waals surface area contributed by atoms with Crippen molar-refractivity contribution in [3.05, 3.63) is 37.0 Å². The molecule has 0 unspecified atom stereocenters. The summed E-state index contributed by atoms with van der Waals surface area (Å²) in [6, 6.07) is 0. The van der Waals surface area contributed by atoms with Gasteiger partial charge in [0.05, 0.1) is 0 Å². The first kappa shape index (κ1) is 9.18. The zero-order chi connectivity index (χ0) is 7.98. The fourth-order valence-corrected chi connectivity index (χ4v) is 0.613. The Labute approximate surface area is 65.7 Å². The molecule has 0 amide bonds. The minimum atomic E-state index is -0.390. The van der Waals surface area contributed by atoms with Crippen LogP contribution in [-0.4, -0.2) is 5.24 Å². The summed E-state index contributed by atoms with van der Waals surface area (Å²) >= 11 is 5.09. The van der Waals surface area contributed by atoms with E-state index in [0.29, 0.717) is 5.57 Å². The maximum absolute atomic E-state index is 10.3. The highest BCUT2D eigenvalue weighted by Crippen LogP contribution is 2.02. The van der Waals surface area contributed by atoms with Crippen molar-refractivity contribution in [2.45, 2.75) is 6.42 Å². The Kier molecular flexibility index (Phi) is 4.59. The monoisotopic (exact) mass is 156 g/mol. The van der Waals surface area contributed by atoms with E-state index in [1.807, 2.05) is 0 Å². The fraction of sp³-hybridized carbons (Fsp3) is 0.125. The Balaban J connectivity index is 3.75. The second-order valence-corrected chi connectivity index (χ2v) is 2.21. The van der Waals surface area contributed by atoms with E-state index in [-0.39, 0.29) is 6.42 Å². The molecule has 0 aliphatic heterocycles. The van der Waals surface area contributed by atoms with Crippen molar-refractivity contribution in [3.63, 3.8) is 0 Å². The summed E-state index contributed by atoms with van der Waals surface area (Å²) in [4.78, 5) is 10.3. The lowest BCUT2D eigenvalue weighted by Gasteiger charge is -1.89. The smallest absolute Gasteiger partial charge is 0.225 e. The van der Waals surface area contributed by atoms with E-state index in [4.69, 9.17) is 11.6 Å². The normalized spacial score (nSPS) is 9.70. The highest BCUT2D eigenvalue weighted by Gasteiger charge is 1.94. The third-order valence-corrected chi connectivity index (χ3v) is 0.968. The summed E-state index contributed by atoms with van der Waals surface area (Å²) in [6.45, 7) is 7.06. The standard InChI is InChI=1S/C8H9ClO/c1-3-4-5-7(2)6-8(9)10/h3-5H,1-2,6H2/b5-4-. The maximum atomic E-state index is 10.3. The van der Waals surface area contributed by atoms with Crippen LogP contribution in [-0.2, 0) is 4.79 Å². The van der Waals surface area contributed by atoms with Gasteiger partial charge in [-0.15, -0.1) is 0 Å². The molecule has 0 spiro atoms. The van der Waals surface area contributed by atoms with E-state index in [9.17, 15) is 4.79 Å². The molecule has 0 radical (unpaired) electrons. The van der Waals surface area contributed by atoms with Crippen LogP contribution in [0.2, 0.25) is 0 Å². The highest BCUT2D eigenvalue weighted by atomic mass is 35.5. The van der Waals surface area contributed by atoms with E-state index in [0.717, 1.165) is 0 Å². The van der Waals surface area contributed by atoms with Crippen LogP contribution in [0.3, 0.4) is 0 Å². The summed E-state index contributed by atoms with van der Waals surface area (Å²) in [6.07, 6.45) is 5.23. The van der Waals surface area contributed by atoms with E-state index < -0.39 is 5.24 Å². The maximum Gasteiger partial charge on any atom is 0.225 e.